The Balaban J connectivity index is 8.11. The molecule has 34 heteroatoms. The highest BCUT2D eigenvalue weighted by molar-refractivity contribution is 5.83. The molecule has 0 aliphatic carbocycles. The van der Waals surface area contributed by atoms with Gasteiger partial charge in [0.1, 0.15) is 44.8 Å². The summed E-state index contributed by atoms with van der Waals surface area (Å²) >= 11 is 0. The molecule has 0 unspecified atom stereocenters. The van der Waals surface area contributed by atoms with Gasteiger partial charge in [0.05, 0.1) is 26.2 Å². The summed E-state index contributed by atoms with van der Waals surface area (Å²) in [4.78, 5) is 171. The molecule has 0 bridgehead atoms. The van der Waals surface area contributed by atoms with Crippen LogP contribution in [0.3, 0.4) is 0 Å². The molecule has 34 nitrogen and oxygen atoms in total. The van der Waals surface area contributed by atoms with Crippen molar-refractivity contribution in [1.82, 2.24) is 71.9 Å². The van der Waals surface area contributed by atoms with Gasteiger partial charge in [-0.15, -0.1) is 0 Å². The molecule has 0 aromatic carbocycles. The first kappa shape index (κ1) is 93.0. The second-order valence-electron chi connectivity index (χ2n) is 31.7. The molecule has 0 spiro atoms. The minimum absolute atomic E-state index is 0.0305. The summed E-state index contributed by atoms with van der Waals surface area (Å²) in [5.41, 5.74) is -6.83. The first-order chi connectivity index (χ1) is 46.0. The second kappa shape index (κ2) is 43.0. The summed E-state index contributed by atoms with van der Waals surface area (Å²) in [6.07, 6.45) is -6.05. The lowest BCUT2D eigenvalue weighted by molar-refractivity contribution is -0.136. The fraction of sp³-hybridized carbons (Fsp3) is 0.821. The number of alkyl carbamates (subject to hydrolysis) is 8. The summed E-state index contributed by atoms with van der Waals surface area (Å²) in [5, 5.41) is 21.1. The van der Waals surface area contributed by atoms with Gasteiger partial charge in [-0.1, -0.05) is 0 Å². The molecule has 0 rings (SSSR count). The van der Waals surface area contributed by atoms with Crippen molar-refractivity contribution in [3.05, 3.63) is 0 Å². The molecule has 12 amide bonds. The predicted octanol–water partition coefficient (Wildman–Crippen LogP) is 5.49. The van der Waals surface area contributed by atoms with Crippen LogP contribution in [0, 0.1) is 0 Å². The molecule has 0 saturated heterocycles. The average molecular weight is 1450 g/mol. The van der Waals surface area contributed by atoms with Gasteiger partial charge in [0, 0.05) is 118 Å². The van der Waals surface area contributed by atoms with Gasteiger partial charge in [-0.2, -0.15) is 0 Å². The van der Waals surface area contributed by atoms with Crippen LogP contribution in [0.5, 0.6) is 0 Å². The molecule has 0 atom stereocenters. The van der Waals surface area contributed by atoms with Crippen LogP contribution in [0.1, 0.15) is 173 Å². The monoisotopic (exact) mass is 1450 g/mol. The van der Waals surface area contributed by atoms with Crippen LogP contribution in [-0.2, 0) is 57.1 Å². The number of nitrogens with one attached hydrogen (secondary N) is 8. The van der Waals surface area contributed by atoms with Crippen molar-refractivity contribution in [3.8, 4) is 0 Å². The Hall–Kier alpha value is -8.04. The molecular formula is C67H126N14O20. The van der Waals surface area contributed by atoms with Crippen LogP contribution in [0.2, 0.25) is 0 Å². The standard InChI is InChI=1S/C67H126N14O20/c1-60(2,3)94-52(86)68-26-36-78(37-27-69-53(87)95-61(4,5)6)48(82)44-76(45-49(83)79(38-28-70-54(88)96-62(7,8)9)39-29-71-55(89)97-63(10,11)12)34-25-35-77(46-50(84)80(40-30-72-56(90)98-64(13,14)15)41-31-73-57(91)99-65(16,17)18)47-51(85)81(42-32-74-58(92)100-66(19,20)21)43-33-75-59(93)101-67(22,23)24/h25-47H2,1-24H3,(H,68,86)(H,69,87)(H,70,88)(H,71,89)(H,72,90)(H,73,91)(H,74,92)(H,75,93). The van der Waals surface area contributed by atoms with Crippen molar-refractivity contribution in [2.24, 2.45) is 0 Å². The third-order valence-electron chi connectivity index (χ3n) is 12.2. The van der Waals surface area contributed by atoms with Crippen molar-refractivity contribution in [2.75, 3.05) is 144 Å². The van der Waals surface area contributed by atoms with E-state index in [-0.39, 0.29) is 124 Å². The maximum atomic E-state index is 14.9. The van der Waals surface area contributed by atoms with Gasteiger partial charge in [0.25, 0.3) is 0 Å². The Morgan fingerprint density at radius 3 is 0.436 bits per heavy atom. The average Bonchev–Trinajstić information content (AvgIpc) is 0.882. The third-order valence-corrected chi connectivity index (χ3v) is 12.2. The Morgan fingerprint density at radius 1 is 0.208 bits per heavy atom. The molecule has 0 aromatic rings. The summed E-state index contributed by atoms with van der Waals surface area (Å²) < 4.78 is 43.4. The molecule has 0 heterocycles. The van der Waals surface area contributed by atoms with Crippen LogP contribution in [-0.4, -0.2) is 291 Å². The normalized spacial score (nSPS) is 12.1. The molecule has 8 N–H and O–H groups in total. The number of carbonyl (C=O) groups is 12. The van der Waals surface area contributed by atoms with Crippen LogP contribution in [0.15, 0.2) is 0 Å². The van der Waals surface area contributed by atoms with Gasteiger partial charge >= 0.3 is 48.7 Å². The number of amides is 12. The van der Waals surface area contributed by atoms with Crippen LogP contribution < -0.4 is 42.5 Å². The zero-order chi connectivity index (χ0) is 78.0. The van der Waals surface area contributed by atoms with E-state index in [1.54, 1.807) is 166 Å². The Bertz CT molecular complexity index is 2160. The number of rotatable bonds is 36. The van der Waals surface area contributed by atoms with E-state index in [1.165, 1.54) is 29.4 Å². The molecular weight excluding hydrogens is 1320 g/mol. The number of hydrogen-bond donors (Lipinski definition) is 8. The van der Waals surface area contributed by atoms with E-state index in [0.29, 0.717) is 0 Å². The fourth-order valence-electron chi connectivity index (χ4n) is 8.41. The van der Waals surface area contributed by atoms with E-state index in [0.717, 1.165) is 0 Å². The van der Waals surface area contributed by atoms with E-state index in [2.05, 4.69) is 42.5 Å². The van der Waals surface area contributed by atoms with Crippen molar-refractivity contribution >= 4 is 72.4 Å². The highest BCUT2D eigenvalue weighted by Crippen LogP contribution is 2.14. The van der Waals surface area contributed by atoms with E-state index in [9.17, 15) is 57.5 Å². The molecule has 0 aromatic heterocycles. The van der Waals surface area contributed by atoms with Gasteiger partial charge in [-0.25, -0.2) is 38.4 Å². The van der Waals surface area contributed by atoms with Crippen molar-refractivity contribution in [2.45, 2.75) is 217 Å². The molecule has 0 radical (unpaired) electrons. The van der Waals surface area contributed by atoms with E-state index < -0.39 is 143 Å². The number of carbonyl (C=O) groups excluding carboxylic acids is 12. The van der Waals surface area contributed by atoms with Gasteiger partial charge in [0.2, 0.25) is 23.6 Å². The summed E-state index contributed by atoms with van der Waals surface area (Å²) in [6.45, 7) is 36.6. The SMILES string of the molecule is CC(C)(C)OC(=O)NCCN(CCNC(=O)OC(C)(C)C)C(=O)CN(CCCN(CC(=O)N(CCNC(=O)OC(C)(C)C)CCNC(=O)OC(C)(C)C)CC(=O)N(CCNC(=O)OC(C)(C)C)CCNC(=O)OC(C)(C)C)CC(=O)N(CCNC(=O)OC(C)(C)C)CCNC(=O)OC(C)(C)C. The highest BCUT2D eigenvalue weighted by atomic mass is 16.6. The van der Waals surface area contributed by atoms with Crippen molar-refractivity contribution in [1.29, 1.82) is 0 Å². The van der Waals surface area contributed by atoms with Crippen LogP contribution >= 0.6 is 0 Å². The molecule has 0 aliphatic rings. The Kier molecular flexibility index (Phi) is 39.6. The lowest BCUT2D eigenvalue weighted by Crippen LogP contribution is -2.51. The van der Waals surface area contributed by atoms with E-state index in [4.69, 9.17) is 37.9 Å². The minimum atomic E-state index is -0.854. The zero-order valence-corrected chi connectivity index (χ0v) is 65.1. The minimum Gasteiger partial charge on any atom is -0.444 e. The lowest BCUT2D eigenvalue weighted by Gasteiger charge is -2.32. The summed E-state index contributed by atoms with van der Waals surface area (Å²) in [7, 11) is 0. The Morgan fingerprint density at radius 2 is 0.327 bits per heavy atom. The molecule has 101 heavy (non-hydrogen) atoms. The fourth-order valence-corrected chi connectivity index (χ4v) is 8.41. The quantitative estimate of drug-likeness (QED) is 0.0359. The first-order valence-corrected chi connectivity index (χ1v) is 34.3. The van der Waals surface area contributed by atoms with Crippen molar-refractivity contribution < 1.29 is 95.4 Å². The predicted molar refractivity (Wildman–Crippen MR) is 378 cm³/mol. The van der Waals surface area contributed by atoms with Crippen LogP contribution in [0.4, 0.5) is 38.4 Å². The lowest BCUT2D eigenvalue weighted by atomic mass is 10.2. The topological polar surface area (TPSA) is 394 Å². The summed E-state index contributed by atoms with van der Waals surface area (Å²) in [5.74, 6) is -2.30. The zero-order valence-electron chi connectivity index (χ0n) is 65.1. The number of hydrogen-bond acceptors (Lipinski definition) is 22. The van der Waals surface area contributed by atoms with Gasteiger partial charge in [0.15, 0.2) is 0 Å². The molecule has 0 saturated carbocycles. The first-order valence-electron chi connectivity index (χ1n) is 34.3. The number of nitrogens with zero attached hydrogens (tertiary/aromatic N) is 6. The van der Waals surface area contributed by atoms with E-state index >= 15 is 0 Å². The van der Waals surface area contributed by atoms with E-state index in [1.807, 2.05) is 0 Å². The maximum absolute atomic E-state index is 14.9. The summed E-state index contributed by atoms with van der Waals surface area (Å²) in [6, 6.07) is 0. The van der Waals surface area contributed by atoms with Crippen LogP contribution in [0.25, 0.3) is 0 Å². The van der Waals surface area contributed by atoms with Gasteiger partial charge in [-0.05, 0) is 173 Å². The largest absolute Gasteiger partial charge is 0.444 e. The molecule has 0 aliphatic heterocycles. The molecule has 584 valence electrons. The second-order valence-corrected chi connectivity index (χ2v) is 31.7. The van der Waals surface area contributed by atoms with Gasteiger partial charge < -0.3 is 100 Å². The third kappa shape index (κ3) is 53.5. The Labute approximate surface area is 599 Å². The van der Waals surface area contributed by atoms with Gasteiger partial charge in [-0.3, -0.25) is 29.0 Å². The maximum Gasteiger partial charge on any atom is 0.407 e. The molecule has 0 fully saturated rings. The number of ether oxygens (including phenoxy) is 8. The smallest absolute Gasteiger partial charge is 0.407 e. The highest BCUT2D eigenvalue weighted by Gasteiger charge is 2.30. The van der Waals surface area contributed by atoms with Crippen molar-refractivity contribution in [3.63, 3.8) is 0 Å².